The molecular weight excluding hydrogens is 200 g/mol. The molecule has 0 amide bonds. The van der Waals surface area contributed by atoms with Crippen molar-refractivity contribution in [2.75, 3.05) is 25.2 Å². The summed E-state index contributed by atoms with van der Waals surface area (Å²) < 4.78 is 4.85. The number of carbonyl (C=O) groups excluding carboxylic acids is 2. The largest absolute Gasteiger partial charge is 0.385 e. The van der Waals surface area contributed by atoms with Crippen molar-refractivity contribution in [3.63, 3.8) is 0 Å². The Hall–Kier alpha value is -0.350. The average molecular weight is 218 g/mol. The predicted octanol–water partition coefficient (Wildman–Crippen LogP) is 1.69. The second kappa shape index (κ2) is 9.21. The molecule has 0 heterocycles. The molecule has 0 aromatic carbocycles. The van der Waals surface area contributed by atoms with Gasteiger partial charge in [-0.25, -0.2) is 0 Å². The minimum absolute atomic E-state index is 0.185. The van der Waals surface area contributed by atoms with E-state index in [0.29, 0.717) is 25.2 Å². The molecule has 0 aliphatic heterocycles. The Bertz CT molecular complexity index is 180. The van der Waals surface area contributed by atoms with Crippen LogP contribution in [0.5, 0.6) is 0 Å². The quantitative estimate of drug-likeness (QED) is 0.552. The van der Waals surface area contributed by atoms with Crippen LogP contribution in [0.2, 0.25) is 0 Å². The number of hydrogen-bond acceptors (Lipinski definition) is 4. The molecule has 0 fully saturated rings. The maximum Gasteiger partial charge on any atom is 0.142 e. The van der Waals surface area contributed by atoms with E-state index in [1.165, 1.54) is 11.8 Å². The Kier molecular flexibility index (Phi) is 8.98. The van der Waals surface area contributed by atoms with Crippen molar-refractivity contribution in [2.45, 2.75) is 26.2 Å². The predicted molar refractivity (Wildman–Crippen MR) is 58.7 cm³/mol. The summed E-state index contributed by atoms with van der Waals surface area (Å²) >= 11 is 1.54. The molecule has 0 rings (SSSR count). The Morgan fingerprint density at radius 2 is 2.00 bits per heavy atom. The van der Waals surface area contributed by atoms with Gasteiger partial charge in [-0.1, -0.05) is 0 Å². The lowest BCUT2D eigenvalue weighted by molar-refractivity contribution is -0.117. The first-order chi connectivity index (χ1) is 6.66. The number of hydrogen-bond donors (Lipinski definition) is 0. The zero-order valence-corrected chi connectivity index (χ0v) is 9.69. The fourth-order valence-electron chi connectivity index (χ4n) is 0.888. The van der Waals surface area contributed by atoms with Gasteiger partial charge in [-0.2, -0.15) is 11.8 Å². The highest BCUT2D eigenvalue weighted by Crippen LogP contribution is 2.05. The molecule has 0 atom stereocenters. The summed E-state index contributed by atoms with van der Waals surface area (Å²) in [6, 6.07) is 0. The second-order valence-corrected chi connectivity index (χ2v) is 4.24. The summed E-state index contributed by atoms with van der Waals surface area (Å²) in [5.74, 6) is 1.71. The van der Waals surface area contributed by atoms with Gasteiger partial charge in [0.15, 0.2) is 0 Å². The molecule has 0 aromatic heterocycles. The van der Waals surface area contributed by atoms with Crippen LogP contribution in [-0.4, -0.2) is 36.8 Å². The summed E-state index contributed by atoms with van der Waals surface area (Å²) in [6.07, 6.45) is 1.94. The number of ether oxygens (including phenoxy) is 1. The molecule has 0 saturated heterocycles. The summed E-state index contributed by atoms with van der Waals surface area (Å²) in [7, 11) is 1.63. The minimum atomic E-state index is 0.185. The standard InChI is InChI=1S/C10H18O3S/c1-9(11)5-7-14-8-10(12)4-3-6-13-2/h3-8H2,1-2H3. The van der Waals surface area contributed by atoms with Crippen LogP contribution in [0.25, 0.3) is 0 Å². The number of carbonyl (C=O) groups is 2. The molecule has 82 valence electrons. The zero-order valence-electron chi connectivity index (χ0n) is 8.88. The molecule has 0 aliphatic rings. The first kappa shape index (κ1) is 13.7. The molecule has 0 spiro atoms. The van der Waals surface area contributed by atoms with Gasteiger partial charge in [0.1, 0.15) is 11.6 Å². The van der Waals surface area contributed by atoms with Gasteiger partial charge in [-0.3, -0.25) is 9.59 Å². The smallest absolute Gasteiger partial charge is 0.142 e. The van der Waals surface area contributed by atoms with Gasteiger partial charge in [0.25, 0.3) is 0 Å². The monoisotopic (exact) mass is 218 g/mol. The third kappa shape index (κ3) is 9.74. The molecule has 0 radical (unpaired) electrons. The van der Waals surface area contributed by atoms with E-state index in [4.69, 9.17) is 4.74 Å². The molecular formula is C10H18O3S. The summed E-state index contributed by atoms with van der Waals surface area (Å²) in [4.78, 5) is 21.8. The lowest BCUT2D eigenvalue weighted by atomic mass is 10.2. The molecule has 3 nitrogen and oxygen atoms in total. The summed E-state index contributed by atoms with van der Waals surface area (Å²) in [5, 5.41) is 0. The van der Waals surface area contributed by atoms with E-state index in [1.54, 1.807) is 14.0 Å². The van der Waals surface area contributed by atoms with Gasteiger partial charge in [0.2, 0.25) is 0 Å². The van der Waals surface area contributed by atoms with Crippen LogP contribution in [0.4, 0.5) is 0 Å². The lowest BCUT2D eigenvalue weighted by Crippen LogP contribution is -2.04. The molecule has 0 saturated carbocycles. The van der Waals surface area contributed by atoms with Crippen LogP contribution in [0.3, 0.4) is 0 Å². The Labute approximate surface area is 89.6 Å². The van der Waals surface area contributed by atoms with Gasteiger partial charge in [0, 0.05) is 32.3 Å². The van der Waals surface area contributed by atoms with Crippen LogP contribution in [-0.2, 0) is 14.3 Å². The van der Waals surface area contributed by atoms with Gasteiger partial charge in [0.05, 0.1) is 5.75 Å². The van der Waals surface area contributed by atoms with Crippen LogP contribution < -0.4 is 0 Å². The van der Waals surface area contributed by atoms with E-state index < -0.39 is 0 Å². The van der Waals surface area contributed by atoms with Gasteiger partial charge >= 0.3 is 0 Å². The van der Waals surface area contributed by atoms with Crippen LogP contribution in [0.1, 0.15) is 26.2 Å². The molecule has 0 aromatic rings. The van der Waals surface area contributed by atoms with Gasteiger partial charge in [-0.15, -0.1) is 0 Å². The second-order valence-electron chi connectivity index (χ2n) is 3.14. The van der Waals surface area contributed by atoms with Crippen LogP contribution in [0.15, 0.2) is 0 Å². The summed E-state index contributed by atoms with van der Waals surface area (Å²) in [6.45, 7) is 2.21. The SMILES string of the molecule is COCCCC(=O)CSCCC(C)=O. The number of thioether (sulfide) groups is 1. The number of Topliss-reactive ketones (excluding diaryl/α,β-unsaturated/α-hetero) is 2. The fourth-order valence-corrected chi connectivity index (χ4v) is 1.84. The first-order valence-corrected chi connectivity index (χ1v) is 5.90. The molecule has 14 heavy (non-hydrogen) atoms. The van der Waals surface area contributed by atoms with Crippen molar-refractivity contribution in [2.24, 2.45) is 0 Å². The normalized spacial score (nSPS) is 10.1. The van der Waals surface area contributed by atoms with E-state index in [2.05, 4.69) is 0 Å². The number of ketones is 2. The van der Waals surface area contributed by atoms with E-state index in [1.807, 2.05) is 0 Å². The van der Waals surface area contributed by atoms with Crippen molar-refractivity contribution < 1.29 is 14.3 Å². The third-order valence-electron chi connectivity index (χ3n) is 1.67. The zero-order chi connectivity index (χ0) is 10.8. The number of rotatable bonds is 9. The van der Waals surface area contributed by atoms with Crippen LogP contribution in [0, 0.1) is 0 Å². The topological polar surface area (TPSA) is 43.4 Å². The molecule has 0 aliphatic carbocycles. The van der Waals surface area contributed by atoms with Crippen molar-refractivity contribution in [3.8, 4) is 0 Å². The Morgan fingerprint density at radius 1 is 1.29 bits per heavy atom. The average Bonchev–Trinajstić information content (AvgIpc) is 2.13. The molecule has 0 unspecified atom stereocenters. The van der Waals surface area contributed by atoms with E-state index in [9.17, 15) is 9.59 Å². The van der Waals surface area contributed by atoms with Crippen molar-refractivity contribution in [1.82, 2.24) is 0 Å². The first-order valence-electron chi connectivity index (χ1n) is 4.74. The van der Waals surface area contributed by atoms with Gasteiger partial charge in [-0.05, 0) is 13.3 Å². The Morgan fingerprint density at radius 3 is 2.57 bits per heavy atom. The van der Waals surface area contributed by atoms with E-state index >= 15 is 0 Å². The third-order valence-corrected chi connectivity index (χ3v) is 2.68. The van der Waals surface area contributed by atoms with E-state index in [0.717, 1.165) is 12.2 Å². The maximum atomic E-state index is 11.2. The van der Waals surface area contributed by atoms with Crippen molar-refractivity contribution in [1.29, 1.82) is 0 Å². The Balaban J connectivity index is 3.22. The molecule has 0 N–H and O–H groups in total. The van der Waals surface area contributed by atoms with Gasteiger partial charge < -0.3 is 4.74 Å². The fraction of sp³-hybridized carbons (Fsp3) is 0.800. The molecule has 4 heteroatoms. The van der Waals surface area contributed by atoms with Crippen molar-refractivity contribution in [3.05, 3.63) is 0 Å². The van der Waals surface area contributed by atoms with Crippen molar-refractivity contribution >= 4 is 23.3 Å². The minimum Gasteiger partial charge on any atom is -0.385 e. The van der Waals surface area contributed by atoms with Crippen LogP contribution >= 0.6 is 11.8 Å². The number of methoxy groups -OCH3 is 1. The highest BCUT2D eigenvalue weighted by Gasteiger charge is 2.02. The summed E-state index contributed by atoms with van der Waals surface area (Å²) in [5.41, 5.74) is 0. The van der Waals surface area contributed by atoms with E-state index in [-0.39, 0.29) is 11.6 Å². The maximum absolute atomic E-state index is 11.2. The highest BCUT2D eigenvalue weighted by atomic mass is 32.2. The highest BCUT2D eigenvalue weighted by molar-refractivity contribution is 7.99. The lowest BCUT2D eigenvalue weighted by Gasteiger charge is -2.00. The molecule has 0 bridgehead atoms.